The van der Waals surface area contributed by atoms with Gasteiger partial charge in [0.05, 0.1) is 24.3 Å². The minimum absolute atomic E-state index is 0.0388. The van der Waals surface area contributed by atoms with Crippen molar-refractivity contribution in [3.63, 3.8) is 0 Å². The molecular weight excluding hydrogens is 607 g/mol. The number of allylic oxidation sites excluding steroid dienone is 1. The Morgan fingerprint density at radius 1 is 1.17 bits per heavy atom. The summed E-state index contributed by atoms with van der Waals surface area (Å²) in [6, 6.07) is -0.0729. The van der Waals surface area contributed by atoms with Crippen LogP contribution in [0.2, 0.25) is 0 Å². The van der Waals surface area contributed by atoms with E-state index in [9.17, 15) is 29.7 Å². The number of Topliss-reactive ketones (excluding diaryl/α,β-unsaturated/α-hetero) is 2. The van der Waals surface area contributed by atoms with Crippen LogP contribution in [0.5, 0.6) is 5.75 Å². The van der Waals surface area contributed by atoms with Gasteiger partial charge in [-0.25, -0.2) is 0 Å². The lowest BCUT2D eigenvalue weighted by Gasteiger charge is -2.51. The number of carbonyl (C=O) groups is 3. The van der Waals surface area contributed by atoms with Crippen LogP contribution in [0.3, 0.4) is 0 Å². The number of amides is 1. The highest BCUT2D eigenvalue weighted by atomic mass is 19.4. The first-order chi connectivity index (χ1) is 21.5. The largest absolute Gasteiger partial charge is 0.510 e. The van der Waals surface area contributed by atoms with Crippen LogP contribution >= 0.6 is 0 Å². The zero-order chi connectivity index (χ0) is 33.6. The standard InChI is InChI=1S/C33H40F3N3O7/c1-14(16-7-8-16)39(12-15-5-6-15)13-18-11-21(40)23-19(25(18)33(34,35)36)9-17-10-20-26(38(2)3)28(42)24(31(37)44)29(43)32(20,45)30(46-4)22(17)27(23)41/h11,14-17,20,26,40,42,45H,5-10,12-13H2,1-4H3,(H2,37,44)/t14-,17+,20+,26+,32-/m1/s1. The molecule has 5 aliphatic rings. The van der Waals surface area contributed by atoms with Gasteiger partial charge in [-0.3, -0.25) is 24.2 Å². The van der Waals surface area contributed by atoms with Crippen LogP contribution in [0.1, 0.15) is 66.1 Å². The summed E-state index contributed by atoms with van der Waals surface area (Å²) in [7, 11) is 4.16. The first-order valence-corrected chi connectivity index (χ1v) is 15.7. The fourth-order valence-electron chi connectivity index (χ4n) is 8.21. The smallest absolute Gasteiger partial charge is 0.417 e. The van der Waals surface area contributed by atoms with E-state index in [1.54, 1.807) is 0 Å². The Balaban J connectivity index is 1.51. The van der Waals surface area contributed by atoms with Crippen LogP contribution in [0.25, 0.3) is 0 Å². The number of halogens is 3. The van der Waals surface area contributed by atoms with Gasteiger partial charge in [-0.1, -0.05) is 0 Å². The number of benzene rings is 1. The van der Waals surface area contributed by atoms with Crippen LogP contribution in [0.15, 0.2) is 28.7 Å². The van der Waals surface area contributed by atoms with Gasteiger partial charge in [0.25, 0.3) is 5.91 Å². The molecule has 13 heteroatoms. The van der Waals surface area contributed by atoms with E-state index in [1.165, 1.54) is 19.0 Å². The van der Waals surface area contributed by atoms with E-state index < -0.39 is 81.1 Å². The Hall–Kier alpha value is -3.42. The molecule has 0 saturated heterocycles. The highest BCUT2D eigenvalue weighted by Crippen LogP contribution is 2.55. The first kappa shape index (κ1) is 32.5. The topological polar surface area (TPSA) is 154 Å². The van der Waals surface area contributed by atoms with Gasteiger partial charge in [0.15, 0.2) is 11.4 Å². The second kappa shape index (κ2) is 11.1. The minimum atomic E-state index is -4.85. The average Bonchev–Trinajstić information content (AvgIpc) is 3.87. The molecule has 0 heterocycles. The predicted octanol–water partition coefficient (Wildman–Crippen LogP) is 3.24. The SMILES string of the molecule is COC1=C2C(=O)c3c(O)cc(CN(CC4CC4)[C@H](C)C4CC4)c(C(F)(F)F)c3C[C@H]2C[C@H]2[C@H](N(C)C)C(O)=C(C(N)=O)C(=O)[C@@]12O. The summed E-state index contributed by atoms with van der Waals surface area (Å²) in [6.07, 6.45) is -1.31. The third-order valence-electron chi connectivity index (χ3n) is 10.7. The van der Waals surface area contributed by atoms with Crippen molar-refractivity contribution in [3.8, 4) is 5.75 Å². The fraction of sp³-hybridized carbons (Fsp3) is 0.606. The number of hydrogen-bond acceptors (Lipinski definition) is 9. The molecule has 5 atom stereocenters. The molecule has 0 radical (unpaired) electrons. The van der Waals surface area contributed by atoms with E-state index >= 15 is 13.2 Å². The number of alkyl halides is 3. The van der Waals surface area contributed by atoms with Gasteiger partial charge in [0, 0.05) is 30.6 Å². The molecule has 1 aromatic rings. The van der Waals surface area contributed by atoms with Crippen molar-refractivity contribution in [2.45, 2.75) is 75.9 Å². The van der Waals surface area contributed by atoms with Gasteiger partial charge in [0.1, 0.15) is 22.8 Å². The Kier molecular flexibility index (Phi) is 7.84. The summed E-state index contributed by atoms with van der Waals surface area (Å²) in [4.78, 5) is 43.6. The maximum Gasteiger partial charge on any atom is 0.417 e. The molecule has 0 aromatic heterocycles. The lowest BCUT2D eigenvalue weighted by atomic mass is 9.58. The van der Waals surface area contributed by atoms with Crippen LogP contribution in [-0.2, 0) is 33.5 Å². The van der Waals surface area contributed by atoms with E-state index in [0.29, 0.717) is 18.4 Å². The molecule has 0 unspecified atom stereocenters. The monoisotopic (exact) mass is 647 g/mol. The molecule has 5 N–H and O–H groups in total. The van der Waals surface area contributed by atoms with E-state index in [2.05, 4.69) is 4.90 Å². The van der Waals surface area contributed by atoms with Gasteiger partial charge < -0.3 is 25.8 Å². The number of hydrogen-bond donors (Lipinski definition) is 4. The van der Waals surface area contributed by atoms with Crippen LogP contribution in [-0.4, -0.2) is 88.0 Å². The maximum atomic E-state index is 15.1. The number of carbonyl (C=O) groups excluding carboxylic acids is 3. The van der Waals surface area contributed by atoms with Crippen LogP contribution in [0, 0.1) is 23.7 Å². The summed E-state index contributed by atoms with van der Waals surface area (Å²) in [5, 5.41) is 34.3. The number of phenolic OH excluding ortho intramolecular Hbond substituents is 1. The molecule has 0 spiro atoms. The zero-order valence-corrected chi connectivity index (χ0v) is 26.3. The number of methoxy groups -OCH3 is 1. The van der Waals surface area contributed by atoms with Gasteiger partial charge >= 0.3 is 6.18 Å². The second-order valence-electron chi connectivity index (χ2n) is 13.9. The number of likely N-dealkylation sites (N-methyl/N-ethyl adjacent to an activating group) is 1. The molecule has 46 heavy (non-hydrogen) atoms. The Morgan fingerprint density at radius 2 is 1.83 bits per heavy atom. The fourth-order valence-corrected chi connectivity index (χ4v) is 8.21. The lowest BCUT2D eigenvalue weighted by Crippen LogP contribution is -2.64. The number of aromatic hydroxyl groups is 1. The number of primary amides is 1. The number of rotatable bonds is 9. The van der Waals surface area contributed by atoms with Crippen molar-refractivity contribution in [3.05, 3.63) is 51.0 Å². The predicted molar refractivity (Wildman–Crippen MR) is 158 cm³/mol. The Morgan fingerprint density at radius 3 is 2.35 bits per heavy atom. The number of ether oxygens (including phenoxy) is 1. The molecule has 2 fully saturated rings. The third kappa shape index (κ3) is 5.02. The van der Waals surface area contributed by atoms with E-state index in [0.717, 1.165) is 38.9 Å². The summed E-state index contributed by atoms with van der Waals surface area (Å²) in [6.45, 7) is 2.65. The van der Waals surface area contributed by atoms with Gasteiger partial charge in [-0.15, -0.1) is 0 Å². The molecule has 1 aromatic carbocycles. The van der Waals surface area contributed by atoms with Crippen molar-refractivity contribution < 1.29 is 47.6 Å². The van der Waals surface area contributed by atoms with Crippen molar-refractivity contribution in [1.82, 2.24) is 9.80 Å². The summed E-state index contributed by atoms with van der Waals surface area (Å²) < 4.78 is 50.7. The van der Waals surface area contributed by atoms with Crippen LogP contribution in [0.4, 0.5) is 13.2 Å². The Labute approximate surface area is 264 Å². The number of nitrogens with zero attached hydrogens (tertiary/aromatic N) is 2. The normalized spacial score (nSPS) is 28.8. The number of aliphatic hydroxyl groups is 2. The highest BCUT2D eigenvalue weighted by molar-refractivity contribution is 6.24. The van der Waals surface area contributed by atoms with Crippen LogP contribution < -0.4 is 5.73 Å². The number of nitrogens with two attached hydrogens (primary N) is 1. The van der Waals surface area contributed by atoms with E-state index in [4.69, 9.17) is 10.5 Å². The molecule has 1 amide bonds. The zero-order valence-electron chi connectivity index (χ0n) is 26.3. The number of fused-ring (bicyclic) bond motifs is 3. The summed E-state index contributed by atoms with van der Waals surface area (Å²) in [5.41, 5.74) is -0.275. The van der Waals surface area contributed by atoms with Crippen molar-refractivity contribution in [2.75, 3.05) is 27.7 Å². The molecular formula is C33H40F3N3O7. The molecule has 5 aliphatic carbocycles. The number of ketones is 2. The molecule has 0 aliphatic heterocycles. The van der Waals surface area contributed by atoms with E-state index in [-0.39, 0.29) is 42.1 Å². The van der Waals surface area contributed by atoms with Gasteiger partial charge in [-0.2, -0.15) is 13.2 Å². The lowest BCUT2D eigenvalue weighted by molar-refractivity contribution is -0.149. The summed E-state index contributed by atoms with van der Waals surface area (Å²) >= 11 is 0. The van der Waals surface area contributed by atoms with Gasteiger partial charge in [0.2, 0.25) is 5.78 Å². The highest BCUT2D eigenvalue weighted by Gasteiger charge is 2.64. The first-order valence-electron chi connectivity index (χ1n) is 15.7. The minimum Gasteiger partial charge on any atom is -0.510 e. The average molecular weight is 648 g/mol. The molecule has 2 saturated carbocycles. The van der Waals surface area contributed by atoms with E-state index in [1.807, 2.05) is 6.92 Å². The van der Waals surface area contributed by atoms with Crippen molar-refractivity contribution >= 4 is 17.5 Å². The quantitative estimate of drug-likeness (QED) is 0.296. The molecule has 10 nitrogen and oxygen atoms in total. The Bertz CT molecular complexity index is 1580. The van der Waals surface area contributed by atoms with Crippen molar-refractivity contribution in [2.24, 2.45) is 29.4 Å². The molecule has 250 valence electrons. The third-order valence-corrected chi connectivity index (χ3v) is 10.7. The summed E-state index contributed by atoms with van der Waals surface area (Å²) in [5.74, 6) is -6.74. The number of aliphatic hydroxyl groups excluding tert-OH is 1. The second-order valence-corrected chi connectivity index (χ2v) is 13.9. The van der Waals surface area contributed by atoms with Gasteiger partial charge in [-0.05, 0) is 94.5 Å². The molecule has 6 rings (SSSR count). The molecule has 0 bridgehead atoms. The number of phenols is 1. The van der Waals surface area contributed by atoms with Crippen molar-refractivity contribution in [1.29, 1.82) is 0 Å². The maximum absolute atomic E-state index is 15.1.